The molecule has 0 fully saturated rings. The Morgan fingerprint density at radius 2 is 1.67 bits per heavy atom. The van der Waals surface area contributed by atoms with Crippen LogP contribution < -0.4 is 5.32 Å². The molecular formula is C19H23ClN2OS. The Balaban J connectivity index is 1.82. The van der Waals surface area contributed by atoms with Crippen molar-refractivity contribution in [3.8, 4) is 0 Å². The minimum absolute atomic E-state index is 0.0346. The van der Waals surface area contributed by atoms with Crippen molar-refractivity contribution < 1.29 is 4.79 Å². The van der Waals surface area contributed by atoms with Gasteiger partial charge in [-0.15, -0.1) is 11.8 Å². The molecule has 24 heavy (non-hydrogen) atoms. The largest absolute Gasteiger partial charge is 0.351 e. The van der Waals surface area contributed by atoms with Gasteiger partial charge in [0.15, 0.2) is 0 Å². The van der Waals surface area contributed by atoms with Crippen LogP contribution in [0.3, 0.4) is 0 Å². The maximum atomic E-state index is 12.2. The number of rotatable bonds is 7. The number of hydrogen-bond donors (Lipinski definition) is 1. The van der Waals surface area contributed by atoms with Gasteiger partial charge in [-0.3, -0.25) is 4.79 Å². The summed E-state index contributed by atoms with van der Waals surface area (Å²) in [6, 6.07) is 15.9. The van der Waals surface area contributed by atoms with Gasteiger partial charge in [0.2, 0.25) is 5.91 Å². The summed E-state index contributed by atoms with van der Waals surface area (Å²) in [6.07, 6.45) is 0. The summed E-state index contributed by atoms with van der Waals surface area (Å²) in [7, 11) is 4.10. The molecule has 0 aliphatic carbocycles. The molecule has 5 heteroatoms. The van der Waals surface area contributed by atoms with E-state index in [4.69, 9.17) is 11.6 Å². The third-order valence-corrected chi connectivity index (χ3v) is 4.85. The average molecular weight is 363 g/mol. The molecule has 3 nitrogen and oxygen atoms in total. The van der Waals surface area contributed by atoms with Gasteiger partial charge in [-0.2, -0.15) is 0 Å². The van der Waals surface area contributed by atoms with Crippen molar-refractivity contribution in [2.75, 3.05) is 14.1 Å². The van der Waals surface area contributed by atoms with Crippen molar-refractivity contribution in [2.24, 2.45) is 0 Å². The van der Waals surface area contributed by atoms with Gasteiger partial charge in [0, 0.05) is 23.0 Å². The van der Waals surface area contributed by atoms with Crippen molar-refractivity contribution in [3.63, 3.8) is 0 Å². The van der Waals surface area contributed by atoms with E-state index >= 15 is 0 Å². The highest BCUT2D eigenvalue weighted by Crippen LogP contribution is 2.24. The minimum Gasteiger partial charge on any atom is -0.351 e. The molecule has 0 spiro atoms. The van der Waals surface area contributed by atoms with Crippen molar-refractivity contribution in [3.05, 3.63) is 64.7 Å². The lowest BCUT2D eigenvalue weighted by Crippen LogP contribution is -2.30. The minimum atomic E-state index is -0.154. The first-order valence-electron chi connectivity index (χ1n) is 7.86. The average Bonchev–Trinajstić information content (AvgIpc) is 2.55. The zero-order chi connectivity index (χ0) is 17.5. The predicted molar refractivity (Wildman–Crippen MR) is 102 cm³/mol. The molecule has 0 aromatic heterocycles. The normalized spacial score (nSPS) is 12.2. The second-order valence-corrected chi connectivity index (χ2v) is 7.84. The van der Waals surface area contributed by atoms with E-state index in [-0.39, 0.29) is 11.2 Å². The van der Waals surface area contributed by atoms with Gasteiger partial charge in [0.1, 0.15) is 0 Å². The smallest absolute Gasteiger partial charge is 0.233 e. The van der Waals surface area contributed by atoms with E-state index in [1.807, 2.05) is 45.3 Å². The summed E-state index contributed by atoms with van der Waals surface area (Å²) >= 11 is 7.40. The molecule has 0 aliphatic heterocycles. The van der Waals surface area contributed by atoms with Crippen LogP contribution in [0.25, 0.3) is 0 Å². The molecule has 1 amide bonds. The van der Waals surface area contributed by atoms with Gasteiger partial charge < -0.3 is 10.2 Å². The summed E-state index contributed by atoms with van der Waals surface area (Å²) < 4.78 is 0. The summed E-state index contributed by atoms with van der Waals surface area (Å²) in [5.41, 5.74) is 2.37. The number of benzene rings is 2. The lowest BCUT2D eigenvalue weighted by Gasteiger charge is -2.13. The van der Waals surface area contributed by atoms with Crippen molar-refractivity contribution in [2.45, 2.75) is 30.2 Å². The first-order valence-corrected chi connectivity index (χ1v) is 9.12. The Hall–Kier alpha value is -1.49. The molecule has 1 N–H and O–H groups in total. The third-order valence-electron chi connectivity index (χ3n) is 3.48. The number of amides is 1. The quantitative estimate of drug-likeness (QED) is 0.749. The SMILES string of the molecule is C[C@@H](Sc1ccc(Cl)cc1)C(=O)NCc1ccc(CN(C)C)cc1. The highest BCUT2D eigenvalue weighted by molar-refractivity contribution is 8.00. The van der Waals surface area contributed by atoms with Crippen molar-refractivity contribution >= 4 is 29.3 Å². The lowest BCUT2D eigenvalue weighted by molar-refractivity contribution is -0.120. The highest BCUT2D eigenvalue weighted by atomic mass is 35.5. The van der Waals surface area contributed by atoms with Gasteiger partial charge in [-0.1, -0.05) is 35.9 Å². The molecule has 0 saturated heterocycles. The molecule has 0 heterocycles. The van der Waals surface area contributed by atoms with Crippen LogP contribution in [0.4, 0.5) is 0 Å². The van der Waals surface area contributed by atoms with Crippen molar-refractivity contribution in [1.29, 1.82) is 0 Å². The summed E-state index contributed by atoms with van der Waals surface area (Å²) in [6.45, 7) is 3.38. The maximum Gasteiger partial charge on any atom is 0.233 e. The molecule has 2 aromatic rings. The van der Waals surface area contributed by atoms with Crippen LogP contribution in [-0.2, 0) is 17.9 Å². The van der Waals surface area contributed by atoms with Gasteiger partial charge in [-0.05, 0) is 56.4 Å². The zero-order valence-corrected chi connectivity index (χ0v) is 15.8. The molecule has 0 bridgehead atoms. The van der Waals surface area contributed by atoms with E-state index < -0.39 is 0 Å². The molecule has 0 radical (unpaired) electrons. The lowest BCUT2D eigenvalue weighted by atomic mass is 10.1. The number of carbonyl (C=O) groups is 1. The molecule has 128 valence electrons. The number of carbonyl (C=O) groups excluding carboxylic acids is 1. The molecule has 2 rings (SSSR count). The van der Waals surface area contributed by atoms with Gasteiger partial charge >= 0.3 is 0 Å². The van der Waals surface area contributed by atoms with E-state index in [9.17, 15) is 4.79 Å². The van der Waals surface area contributed by atoms with Crippen LogP contribution in [0.15, 0.2) is 53.4 Å². The molecule has 0 aliphatic rings. The van der Waals surface area contributed by atoms with Crippen LogP contribution in [0, 0.1) is 0 Å². The molecule has 0 unspecified atom stereocenters. The standard InChI is InChI=1S/C19H23ClN2OS/c1-14(24-18-10-8-17(20)9-11-18)19(23)21-12-15-4-6-16(7-5-15)13-22(2)3/h4-11,14H,12-13H2,1-3H3,(H,21,23)/t14-/m1/s1. The van der Waals surface area contributed by atoms with Crippen LogP contribution in [-0.4, -0.2) is 30.2 Å². The Kier molecular flexibility index (Phi) is 7.16. The fourth-order valence-electron chi connectivity index (χ4n) is 2.23. The Labute approximate surface area is 153 Å². The van der Waals surface area contributed by atoms with Gasteiger partial charge in [0.25, 0.3) is 0 Å². The third kappa shape index (κ3) is 6.19. The van der Waals surface area contributed by atoms with Gasteiger partial charge in [0.05, 0.1) is 5.25 Å². The summed E-state index contributed by atoms with van der Waals surface area (Å²) in [5, 5.41) is 3.54. The fraction of sp³-hybridized carbons (Fsp3) is 0.316. The summed E-state index contributed by atoms with van der Waals surface area (Å²) in [4.78, 5) is 15.4. The highest BCUT2D eigenvalue weighted by Gasteiger charge is 2.14. The number of halogens is 1. The Morgan fingerprint density at radius 3 is 2.25 bits per heavy atom. The number of thioether (sulfide) groups is 1. The Bertz CT molecular complexity index is 656. The van der Waals surface area contributed by atoms with E-state index in [0.717, 1.165) is 17.0 Å². The van der Waals surface area contributed by atoms with Crippen LogP contribution in [0.5, 0.6) is 0 Å². The second-order valence-electron chi connectivity index (χ2n) is 5.99. The van der Waals surface area contributed by atoms with Crippen LogP contribution >= 0.6 is 23.4 Å². The van der Waals surface area contributed by atoms with E-state index in [2.05, 4.69) is 34.5 Å². The van der Waals surface area contributed by atoms with Gasteiger partial charge in [-0.25, -0.2) is 0 Å². The topological polar surface area (TPSA) is 32.3 Å². The second kappa shape index (κ2) is 9.11. The fourth-order valence-corrected chi connectivity index (χ4v) is 3.25. The zero-order valence-electron chi connectivity index (χ0n) is 14.3. The molecule has 2 aromatic carbocycles. The predicted octanol–water partition coefficient (Wildman–Crippen LogP) is 4.20. The monoisotopic (exact) mass is 362 g/mol. The molecule has 1 atom stereocenters. The number of nitrogens with zero attached hydrogens (tertiary/aromatic N) is 1. The number of nitrogens with one attached hydrogen (secondary N) is 1. The first-order chi connectivity index (χ1) is 11.4. The van der Waals surface area contributed by atoms with Crippen LogP contribution in [0.2, 0.25) is 5.02 Å². The van der Waals surface area contributed by atoms with Crippen molar-refractivity contribution in [1.82, 2.24) is 10.2 Å². The molecular weight excluding hydrogens is 340 g/mol. The maximum absolute atomic E-state index is 12.2. The first kappa shape index (κ1) is 18.8. The van der Waals surface area contributed by atoms with Crippen LogP contribution in [0.1, 0.15) is 18.1 Å². The summed E-state index contributed by atoms with van der Waals surface area (Å²) in [5.74, 6) is 0.0346. The van der Waals surface area contributed by atoms with E-state index in [0.29, 0.717) is 11.6 Å². The van der Waals surface area contributed by atoms with E-state index in [1.54, 1.807) is 0 Å². The Morgan fingerprint density at radius 1 is 1.08 bits per heavy atom. The van der Waals surface area contributed by atoms with E-state index in [1.165, 1.54) is 17.3 Å². The number of hydrogen-bond acceptors (Lipinski definition) is 3. The molecule has 0 saturated carbocycles.